The lowest BCUT2D eigenvalue weighted by Crippen LogP contribution is -2.45. The van der Waals surface area contributed by atoms with Gasteiger partial charge in [0.1, 0.15) is 0 Å². The minimum absolute atomic E-state index is 0.123. The Morgan fingerprint density at radius 2 is 2.11 bits per heavy atom. The second kappa shape index (κ2) is 9.26. The fourth-order valence-electron chi connectivity index (χ4n) is 3.18. The van der Waals surface area contributed by atoms with Crippen molar-refractivity contribution in [2.45, 2.75) is 57.2 Å². The Hall–Kier alpha value is -2.02. The van der Waals surface area contributed by atoms with E-state index in [4.69, 9.17) is 4.42 Å². The van der Waals surface area contributed by atoms with Crippen molar-refractivity contribution < 1.29 is 9.21 Å². The van der Waals surface area contributed by atoms with Crippen LogP contribution >= 0.6 is 11.8 Å². The lowest BCUT2D eigenvalue weighted by Gasteiger charge is -2.33. The highest BCUT2D eigenvalue weighted by atomic mass is 32.2. The van der Waals surface area contributed by atoms with Crippen LogP contribution in [0.25, 0.3) is 0 Å². The highest BCUT2D eigenvalue weighted by Crippen LogP contribution is 2.22. The second-order valence-corrected chi connectivity index (χ2v) is 8.13. The normalized spacial score (nSPS) is 17.3. The number of nitrogens with one attached hydrogen (secondary N) is 1. The fourth-order valence-corrected chi connectivity index (χ4v) is 3.86. The lowest BCUT2D eigenvalue weighted by atomic mass is 10.0. The van der Waals surface area contributed by atoms with Gasteiger partial charge in [-0.3, -0.25) is 4.79 Å². The average Bonchev–Trinajstić information content (AvgIpc) is 3.15. The first-order valence-electron chi connectivity index (χ1n) is 9.64. The van der Waals surface area contributed by atoms with E-state index in [1.807, 2.05) is 11.8 Å². The average molecular weight is 389 g/mol. The lowest BCUT2D eigenvalue weighted by molar-refractivity contribution is -0.129. The van der Waals surface area contributed by atoms with Crippen molar-refractivity contribution in [2.75, 3.05) is 24.2 Å². The SMILES string of the molecule is CCc1nnc(SCC(=O)N2CCC[C@H](Nc3ccc(C(C)C)cc3)C2)o1. The Morgan fingerprint density at radius 3 is 2.78 bits per heavy atom. The topological polar surface area (TPSA) is 71.3 Å². The summed E-state index contributed by atoms with van der Waals surface area (Å²) in [5.74, 6) is 1.60. The predicted octanol–water partition coefficient (Wildman–Crippen LogP) is 3.95. The zero-order chi connectivity index (χ0) is 19.2. The third-order valence-electron chi connectivity index (χ3n) is 4.79. The van der Waals surface area contributed by atoms with Crippen LogP contribution < -0.4 is 5.32 Å². The van der Waals surface area contributed by atoms with Gasteiger partial charge < -0.3 is 14.6 Å². The Kier molecular flexibility index (Phi) is 6.77. The van der Waals surface area contributed by atoms with E-state index >= 15 is 0 Å². The monoisotopic (exact) mass is 388 g/mol. The standard InChI is InChI=1S/C20H28N4O2S/c1-4-18-22-23-20(26-18)27-13-19(25)24-11-5-6-17(12-24)21-16-9-7-15(8-10-16)14(2)3/h7-10,14,17,21H,4-6,11-13H2,1-3H3/t17-/m0/s1. The number of thioether (sulfide) groups is 1. The van der Waals surface area contributed by atoms with E-state index in [2.05, 4.69) is 53.6 Å². The van der Waals surface area contributed by atoms with Gasteiger partial charge in [0.05, 0.1) is 5.75 Å². The van der Waals surface area contributed by atoms with Gasteiger partial charge in [0.15, 0.2) is 0 Å². The minimum Gasteiger partial charge on any atom is -0.416 e. The molecule has 0 aliphatic carbocycles. The summed E-state index contributed by atoms with van der Waals surface area (Å²) in [6.07, 6.45) is 2.80. The van der Waals surface area contributed by atoms with Gasteiger partial charge in [0, 0.05) is 31.2 Å². The highest BCUT2D eigenvalue weighted by molar-refractivity contribution is 7.99. The van der Waals surface area contributed by atoms with Crippen LogP contribution in [0.5, 0.6) is 0 Å². The molecule has 1 saturated heterocycles. The second-order valence-electron chi connectivity index (χ2n) is 7.20. The molecule has 146 valence electrons. The van der Waals surface area contributed by atoms with Gasteiger partial charge in [-0.25, -0.2) is 0 Å². The van der Waals surface area contributed by atoms with Gasteiger partial charge in [-0.05, 0) is 36.5 Å². The number of hydrogen-bond acceptors (Lipinski definition) is 6. The van der Waals surface area contributed by atoms with E-state index in [-0.39, 0.29) is 11.9 Å². The molecule has 1 aromatic carbocycles. The molecule has 0 bridgehead atoms. The summed E-state index contributed by atoms with van der Waals surface area (Å²) < 4.78 is 5.45. The molecule has 1 fully saturated rings. The number of carbonyl (C=O) groups excluding carboxylic acids is 1. The fraction of sp³-hybridized carbons (Fsp3) is 0.550. The molecule has 0 radical (unpaired) electrons. The maximum atomic E-state index is 12.6. The molecule has 1 amide bonds. The third kappa shape index (κ3) is 5.48. The summed E-state index contributed by atoms with van der Waals surface area (Å²) in [5.41, 5.74) is 2.45. The number of hydrogen-bond donors (Lipinski definition) is 1. The van der Waals surface area contributed by atoms with Gasteiger partial charge in [-0.1, -0.05) is 44.7 Å². The molecule has 0 spiro atoms. The molecule has 1 aromatic heterocycles. The minimum atomic E-state index is 0.123. The number of aromatic nitrogens is 2. The highest BCUT2D eigenvalue weighted by Gasteiger charge is 2.24. The molecule has 0 unspecified atom stereocenters. The van der Waals surface area contributed by atoms with Crippen LogP contribution in [0.3, 0.4) is 0 Å². The summed E-state index contributed by atoms with van der Waals surface area (Å²) >= 11 is 1.32. The summed E-state index contributed by atoms with van der Waals surface area (Å²) in [6, 6.07) is 8.89. The van der Waals surface area contributed by atoms with E-state index in [0.717, 1.165) is 31.6 Å². The number of amides is 1. The van der Waals surface area contributed by atoms with Crippen LogP contribution in [0.15, 0.2) is 33.9 Å². The molecule has 1 atom stereocenters. The van der Waals surface area contributed by atoms with Crippen molar-refractivity contribution in [2.24, 2.45) is 0 Å². The van der Waals surface area contributed by atoms with Gasteiger partial charge in [-0.2, -0.15) is 0 Å². The molecular formula is C20H28N4O2S. The number of rotatable bonds is 7. The molecular weight excluding hydrogens is 360 g/mol. The summed E-state index contributed by atoms with van der Waals surface area (Å²) in [7, 11) is 0. The van der Waals surface area contributed by atoms with Crippen molar-refractivity contribution in [3.63, 3.8) is 0 Å². The van der Waals surface area contributed by atoms with Crippen LogP contribution in [-0.4, -0.2) is 45.9 Å². The van der Waals surface area contributed by atoms with Crippen LogP contribution in [-0.2, 0) is 11.2 Å². The van der Waals surface area contributed by atoms with Gasteiger partial charge >= 0.3 is 0 Å². The van der Waals surface area contributed by atoms with Crippen molar-refractivity contribution >= 4 is 23.4 Å². The van der Waals surface area contributed by atoms with Crippen LogP contribution in [0.4, 0.5) is 5.69 Å². The molecule has 1 N–H and O–H groups in total. The van der Waals surface area contributed by atoms with E-state index in [1.54, 1.807) is 0 Å². The number of nitrogens with zero attached hydrogens (tertiary/aromatic N) is 3. The Labute approximate surface area is 165 Å². The molecule has 3 rings (SSSR count). The maximum absolute atomic E-state index is 12.6. The molecule has 27 heavy (non-hydrogen) atoms. The van der Waals surface area contributed by atoms with Crippen LogP contribution in [0.1, 0.15) is 51.0 Å². The molecule has 7 heteroatoms. The number of carbonyl (C=O) groups is 1. The Balaban J connectivity index is 1.49. The number of piperidine rings is 1. The van der Waals surface area contributed by atoms with E-state index in [0.29, 0.717) is 29.2 Å². The summed E-state index contributed by atoms with van der Waals surface area (Å²) in [6.45, 7) is 7.90. The van der Waals surface area contributed by atoms with Gasteiger partial charge in [0.25, 0.3) is 5.22 Å². The number of likely N-dealkylation sites (tertiary alicyclic amines) is 1. The van der Waals surface area contributed by atoms with Crippen LogP contribution in [0, 0.1) is 0 Å². The largest absolute Gasteiger partial charge is 0.416 e. The zero-order valence-electron chi connectivity index (χ0n) is 16.3. The third-order valence-corrected chi connectivity index (χ3v) is 5.60. The van der Waals surface area contributed by atoms with Crippen molar-refractivity contribution in [3.05, 3.63) is 35.7 Å². The first kappa shape index (κ1) is 19.7. The smallest absolute Gasteiger partial charge is 0.277 e. The molecule has 1 aliphatic rings. The number of aryl methyl sites for hydroxylation is 1. The Bertz CT molecular complexity index is 745. The molecule has 1 aliphatic heterocycles. The van der Waals surface area contributed by atoms with Gasteiger partial charge in [0.2, 0.25) is 11.8 Å². The maximum Gasteiger partial charge on any atom is 0.277 e. The van der Waals surface area contributed by atoms with Crippen molar-refractivity contribution in [3.8, 4) is 0 Å². The quantitative estimate of drug-likeness (QED) is 0.724. The van der Waals surface area contributed by atoms with Crippen molar-refractivity contribution in [1.82, 2.24) is 15.1 Å². The number of benzene rings is 1. The van der Waals surface area contributed by atoms with E-state index < -0.39 is 0 Å². The van der Waals surface area contributed by atoms with Crippen molar-refractivity contribution in [1.29, 1.82) is 0 Å². The van der Waals surface area contributed by atoms with E-state index in [1.165, 1.54) is 17.3 Å². The summed E-state index contributed by atoms with van der Waals surface area (Å²) in [4.78, 5) is 14.5. The number of anilines is 1. The summed E-state index contributed by atoms with van der Waals surface area (Å²) in [5, 5.41) is 11.9. The first-order valence-corrected chi connectivity index (χ1v) is 10.6. The molecule has 6 nitrogen and oxygen atoms in total. The predicted molar refractivity (Wildman–Crippen MR) is 108 cm³/mol. The Morgan fingerprint density at radius 1 is 1.33 bits per heavy atom. The zero-order valence-corrected chi connectivity index (χ0v) is 17.1. The van der Waals surface area contributed by atoms with Gasteiger partial charge in [-0.15, -0.1) is 10.2 Å². The molecule has 2 aromatic rings. The molecule has 0 saturated carbocycles. The van der Waals surface area contributed by atoms with Crippen LogP contribution in [0.2, 0.25) is 0 Å². The first-order chi connectivity index (χ1) is 13.0. The van der Waals surface area contributed by atoms with E-state index in [9.17, 15) is 4.79 Å². The molecule has 2 heterocycles.